The maximum Gasteiger partial charge on any atom is 0.277 e. The number of hydrogen-bond donors (Lipinski definition) is 0. The molecule has 1 aromatic heterocycles. The van der Waals surface area contributed by atoms with Crippen LogP contribution in [-0.4, -0.2) is 28.3 Å². The summed E-state index contributed by atoms with van der Waals surface area (Å²) in [6, 6.07) is 15.4. The van der Waals surface area contributed by atoms with E-state index in [4.69, 9.17) is 20.8 Å². The summed E-state index contributed by atoms with van der Waals surface area (Å²) < 4.78 is 11.3. The van der Waals surface area contributed by atoms with Gasteiger partial charge in [0.15, 0.2) is 12.4 Å². The van der Waals surface area contributed by atoms with Crippen molar-refractivity contribution in [1.82, 2.24) is 10.2 Å². The van der Waals surface area contributed by atoms with Crippen molar-refractivity contribution in [3.05, 3.63) is 76.8 Å². The molecule has 0 spiro atoms. The number of ether oxygens (including phenoxy) is 1. The molecule has 0 amide bonds. The maximum atomic E-state index is 13.0. The quantitative estimate of drug-likeness (QED) is 0.326. The Bertz CT molecular complexity index is 1170. The molecule has 166 valence electrons. The maximum absolute atomic E-state index is 13.0. The second-order valence-electron chi connectivity index (χ2n) is 8.07. The van der Waals surface area contributed by atoms with Crippen molar-refractivity contribution in [2.45, 2.75) is 43.3 Å². The number of carbonyl (C=O) groups excluding carboxylic acids is 1. The first kappa shape index (κ1) is 22.4. The fourth-order valence-corrected chi connectivity index (χ4v) is 4.67. The molecule has 1 atom stereocenters. The smallest absolute Gasteiger partial charge is 0.277 e. The van der Waals surface area contributed by atoms with Gasteiger partial charge in [0.2, 0.25) is 0 Å². The van der Waals surface area contributed by atoms with E-state index in [1.54, 1.807) is 18.2 Å². The number of ketones is 1. The van der Waals surface area contributed by atoms with Crippen molar-refractivity contribution in [2.75, 3.05) is 11.9 Å². The first-order chi connectivity index (χ1) is 15.3. The molecule has 1 aliphatic heterocycles. The molecule has 0 N–H and O–H groups in total. The number of fused-ring (bicyclic) bond motifs is 1. The van der Waals surface area contributed by atoms with Gasteiger partial charge in [-0.1, -0.05) is 67.5 Å². The molecule has 1 aliphatic rings. The molecule has 0 bridgehead atoms. The number of halogens is 1. The molecule has 2 heterocycles. The highest BCUT2D eigenvalue weighted by molar-refractivity contribution is 8.00. The lowest BCUT2D eigenvalue weighted by molar-refractivity contribution is -0.114. The van der Waals surface area contributed by atoms with Gasteiger partial charge < -0.3 is 14.1 Å². The van der Waals surface area contributed by atoms with E-state index in [2.05, 4.69) is 41.1 Å². The van der Waals surface area contributed by atoms with E-state index in [0.29, 0.717) is 21.9 Å². The SMILES string of the molecule is CC(Sc1nnc(COc2ccccc2Cl)o1)C(=O)/C=C1/N(C)c2ccccc2C1(C)C. The molecule has 0 radical (unpaired) electrons. The number of likely N-dealkylation sites (N-methyl/N-ethyl adjacent to an activating group) is 1. The number of aromatic nitrogens is 2. The third-order valence-electron chi connectivity index (χ3n) is 5.53. The van der Waals surface area contributed by atoms with Crippen molar-refractivity contribution >= 4 is 34.8 Å². The summed E-state index contributed by atoms with van der Waals surface area (Å²) in [7, 11) is 1.99. The molecule has 6 nitrogen and oxygen atoms in total. The number of carbonyl (C=O) groups is 1. The normalized spacial score (nSPS) is 16.8. The van der Waals surface area contributed by atoms with Gasteiger partial charge in [-0.2, -0.15) is 0 Å². The van der Waals surface area contributed by atoms with Gasteiger partial charge in [0.05, 0.1) is 10.3 Å². The lowest BCUT2D eigenvalue weighted by atomic mass is 9.83. The Morgan fingerprint density at radius 3 is 2.69 bits per heavy atom. The van der Waals surface area contributed by atoms with Crippen LogP contribution in [0.25, 0.3) is 0 Å². The number of benzene rings is 2. The second-order valence-corrected chi connectivity index (χ2v) is 9.77. The predicted octanol–water partition coefficient (Wildman–Crippen LogP) is 5.66. The monoisotopic (exact) mass is 469 g/mol. The highest BCUT2D eigenvalue weighted by Crippen LogP contribution is 2.46. The predicted molar refractivity (Wildman–Crippen MR) is 126 cm³/mol. The molecule has 1 unspecified atom stereocenters. The average molecular weight is 470 g/mol. The van der Waals surface area contributed by atoms with Crippen LogP contribution < -0.4 is 9.64 Å². The lowest BCUT2D eigenvalue weighted by Crippen LogP contribution is -2.25. The van der Waals surface area contributed by atoms with Gasteiger partial charge in [0, 0.05) is 29.9 Å². The molecule has 3 aromatic rings. The fourth-order valence-electron chi connectivity index (χ4n) is 3.77. The van der Waals surface area contributed by atoms with Crippen molar-refractivity contribution in [2.24, 2.45) is 0 Å². The summed E-state index contributed by atoms with van der Waals surface area (Å²) >= 11 is 7.32. The summed E-state index contributed by atoms with van der Waals surface area (Å²) in [5.41, 5.74) is 3.05. The molecule has 8 heteroatoms. The molecule has 2 aromatic carbocycles. The molecular weight excluding hydrogens is 446 g/mol. The van der Waals surface area contributed by atoms with E-state index in [-0.39, 0.29) is 23.1 Å². The molecular formula is C24H24ClN3O3S. The van der Waals surface area contributed by atoms with Crippen LogP contribution in [0.5, 0.6) is 5.75 Å². The average Bonchev–Trinajstić information content (AvgIpc) is 3.29. The number of thioether (sulfide) groups is 1. The van der Waals surface area contributed by atoms with Crippen molar-refractivity contribution < 1.29 is 13.9 Å². The first-order valence-electron chi connectivity index (χ1n) is 10.2. The minimum Gasteiger partial charge on any atom is -0.482 e. The van der Waals surface area contributed by atoms with Gasteiger partial charge in [0.25, 0.3) is 11.1 Å². The third kappa shape index (κ3) is 4.40. The van der Waals surface area contributed by atoms with Crippen molar-refractivity contribution in [3.8, 4) is 5.75 Å². The van der Waals surface area contributed by atoms with Crippen LogP contribution >= 0.6 is 23.4 Å². The summed E-state index contributed by atoms with van der Waals surface area (Å²) in [6.45, 7) is 6.20. The lowest BCUT2D eigenvalue weighted by Gasteiger charge is -2.24. The second kappa shape index (κ2) is 9.00. The van der Waals surface area contributed by atoms with Crippen LogP contribution in [0.4, 0.5) is 5.69 Å². The molecule has 32 heavy (non-hydrogen) atoms. The molecule has 0 saturated heterocycles. The topological polar surface area (TPSA) is 68.5 Å². The Morgan fingerprint density at radius 2 is 1.94 bits per heavy atom. The van der Waals surface area contributed by atoms with Crippen LogP contribution in [0, 0.1) is 0 Å². The van der Waals surface area contributed by atoms with E-state index in [1.165, 1.54) is 17.3 Å². The number of anilines is 1. The third-order valence-corrected chi connectivity index (χ3v) is 6.80. The first-order valence-corrected chi connectivity index (χ1v) is 11.5. The van der Waals surface area contributed by atoms with Crippen LogP contribution in [0.1, 0.15) is 32.2 Å². The van der Waals surface area contributed by atoms with Gasteiger partial charge in [-0.15, -0.1) is 10.2 Å². The van der Waals surface area contributed by atoms with Gasteiger partial charge in [-0.05, 0) is 30.7 Å². The molecule has 4 rings (SSSR count). The minimum absolute atomic E-state index is 0.00945. The highest BCUT2D eigenvalue weighted by atomic mass is 35.5. The van der Waals surface area contributed by atoms with Gasteiger partial charge in [0.1, 0.15) is 5.75 Å². The summed E-state index contributed by atoms with van der Waals surface area (Å²) in [4.78, 5) is 15.1. The van der Waals surface area contributed by atoms with Crippen LogP contribution in [0.3, 0.4) is 0 Å². The number of para-hydroxylation sites is 2. The number of nitrogens with zero attached hydrogens (tertiary/aromatic N) is 3. The fraction of sp³-hybridized carbons (Fsp3) is 0.292. The zero-order valence-corrected chi connectivity index (χ0v) is 19.9. The van der Waals surface area contributed by atoms with E-state index in [9.17, 15) is 4.79 Å². The minimum atomic E-state index is -0.381. The standard InChI is InChI=1S/C24H24ClN3O3S/c1-15(19(29)13-21-24(2,3)16-9-5-7-11-18(16)28(21)4)32-23-27-26-22(31-23)14-30-20-12-8-6-10-17(20)25/h5-13,15H,14H2,1-4H3/b21-13+. The Balaban J connectivity index is 1.41. The summed E-state index contributed by atoms with van der Waals surface area (Å²) in [5.74, 6) is 0.850. The zero-order valence-electron chi connectivity index (χ0n) is 18.3. The molecule has 0 saturated carbocycles. The van der Waals surface area contributed by atoms with Crippen molar-refractivity contribution in [1.29, 1.82) is 0 Å². The van der Waals surface area contributed by atoms with Crippen LogP contribution in [-0.2, 0) is 16.8 Å². The van der Waals surface area contributed by atoms with E-state index in [0.717, 1.165) is 11.4 Å². The van der Waals surface area contributed by atoms with Gasteiger partial charge in [-0.25, -0.2) is 0 Å². The van der Waals surface area contributed by atoms with Crippen LogP contribution in [0.15, 0.2) is 69.9 Å². The van der Waals surface area contributed by atoms with E-state index < -0.39 is 0 Å². The number of allylic oxidation sites excluding steroid dienone is 2. The highest BCUT2D eigenvalue weighted by Gasteiger charge is 2.38. The zero-order chi connectivity index (χ0) is 22.9. The Kier molecular flexibility index (Phi) is 6.31. The Morgan fingerprint density at radius 1 is 1.22 bits per heavy atom. The van der Waals surface area contributed by atoms with Gasteiger partial charge >= 0.3 is 0 Å². The van der Waals surface area contributed by atoms with Crippen molar-refractivity contribution in [3.63, 3.8) is 0 Å². The van der Waals surface area contributed by atoms with Gasteiger partial charge in [-0.3, -0.25) is 4.79 Å². The molecule has 0 fully saturated rings. The largest absolute Gasteiger partial charge is 0.482 e. The van der Waals surface area contributed by atoms with E-state index in [1.807, 2.05) is 38.2 Å². The summed E-state index contributed by atoms with van der Waals surface area (Å²) in [6.07, 6.45) is 1.73. The summed E-state index contributed by atoms with van der Waals surface area (Å²) in [5, 5.41) is 8.48. The van der Waals surface area contributed by atoms with E-state index >= 15 is 0 Å². The molecule has 0 aliphatic carbocycles. The number of rotatable bonds is 7. The number of hydrogen-bond acceptors (Lipinski definition) is 7. The van der Waals surface area contributed by atoms with Crippen LogP contribution in [0.2, 0.25) is 5.02 Å². The Labute approximate surface area is 196 Å². The Hall–Kier alpha value is -2.77.